The number of nitrogens with one attached hydrogen (secondary N) is 1. The van der Waals surface area contributed by atoms with Crippen LogP contribution < -0.4 is 10.1 Å². The van der Waals surface area contributed by atoms with E-state index >= 15 is 0 Å². The Morgan fingerprint density at radius 1 is 1.00 bits per heavy atom. The molecule has 0 aliphatic heterocycles. The number of carbonyl (C=O) groups is 2. The Morgan fingerprint density at radius 2 is 1.74 bits per heavy atom. The monoisotopic (exact) mass is 381 g/mol. The van der Waals surface area contributed by atoms with Crippen molar-refractivity contribution in [2.24, 2.45) is 0 Å². The van der Waals surface area contributed by atoms with Gasteiger partial charge < -0.3 is 14.8 Å². The van der Waals surface area contributed by atoms with Gasteiger partial charge in [-0.05, 0) is 42.6 Å². The summed E-state index contributed by atoms with van der Waals surface area (Å²) in [6, 6.07) is 19.7. The molecule has 5 nitrogen and oxygen atoms in total. The van der Waals surface area contributed by atoms with Crippen LogP contribution in [0, 0.1) is 0 Å². The van der Waals surface area contributed by atoms with Crippen LogP contribution in [0.5, 0.6) is 11.5 Å². The molecule has 1 atom stereocenters. The molecule has 1 aromatic heterocycles. The van der Waals surface area contributed by atoms with E-state index in [1.807, 2.05) is 42.6 Å². The summed E-state index contributed by atoms with van der Waals surface area (Å²) in [5, 5.41) is 4.75. The minimum absolute atomic E-state index is 0.134. The van der Waals surface area contributed by atoms with Gasteiger partial charge in [-0.2, -0.15) is 0 Å². The number of amides is 1. The quantitative estimate of drug-likeness (QED) is 0.609. The smallest absolute Gasteiger partial charge is 0.342 e. The second-order valence-electron chi connectivity index (χ2n) is 5.79. The van der Waals surface area contributed by atoms with Gasteiger partial charge in [-0.25, -0.2) is 4.79 Å². The second-order valence-corrected chi connectivity index (χ2v) is 6.77. The van der Waals surface area contributed by atoms with Crippen LogP contribution in [0.2, 0.25) is 0 Å². The van der Waals surface area contributed by atoms with E-state index in [2.05, 4.69) is 5.32 Å². The lowest BCUT2D eigenvalue weighted by molar-refractivity contribution is -0.124. The molecule has 3 aromatic rings. The third-order valence-electron chi connectivity index (χ3n) is 3.76. The zero-order valence-electron chi connectivity index (χ0n) is 14.8. The first-order valence-corrected chi connectivity index (χ1v) is 9.33. The lowest BCUT2D eigenvalue weighted by Crippen LogP contribution is -2.30. The van der Waals surface area contributed by atoms with Gasteiger partial charge in [-0.15, -0.1) is 11.3 Å². The lowest BCUT2D eigenvalue weighted by atomic mass is 10.2. The molecule has 1 N–H and O–H groups in total. The molecule has 0 spiro atoms. The van der Waals surface area contributed by atoms with Crippen LogP contribution in [0.1, 0.15) is 28.2 Å². The molecule has 2 aromatic carbocycles. The number of hydrogen-bond donors (Lipinski definition) is 1. The number of hydrogen-bond acceptors (Lipinski definition) is 5. The highest BCUT2D eigenvalue weighted by molar-refractivity contribution is 7.10. The van der Waals surface area contributed by atoms with Gasteiger partial charge in [0.15, 0.2) is 6.61 Å². The van der Waals surface area contributed by atoms with E-state index in [-0.39, 0.29) is 24.1 Å². The van der Waals surface area contributed by atoms with Crippen LogP contribution in [-0.2, 0) is 9.53 Å². The van der Waals surface area contributed by atoms with Crippen molar-refractivity contribution in [2.75, 3.05) is 6.61 Å². The Balaban J connectivity index is 1.59. The van der Waals surface area contributed by atoms with Crippen LogP contribution in [0.4, 0.5) is 0 Å². The van der Waals surface area contributed by atoms with E-state index in [0.717, 1.165) is 4.88 Å². The fraction of sp³-hybridized carbons (Fsp3) is 0.143. The number of para-hydroxylation sites is 2. The predicted molar refractivity (Wildman–Crippen MR) is 104 cm³/mol. The first-order valence-electron chi connectivity index (χ1n) is 8.45. The molecule has 3 rings (SSSR count). The molecule has 27 heavy (non-hydrogen) atoms. The molecule has 0 fully saturated rings. The van der Waals surface area contributed by atoms with Crippen LogP contribution in [-0.4, -0.2) is 18.5 Å². The highest BCUT2D eigenvalue weighted by Gasteiger charge is 2.17. The summed E-state index contributed by atoms with van der Waals surface area (Å²) < 4.78 is 10.9. The molecule has 0 radical (unpaired) electrons. The van der Waals surface area contributed by atoms with Gasteiger partial charge in [-0.3, -0.25) is 4.79 Å². The Labute approximate surface area is 161 Å². The normalized spacial score (nSPS) is 11.4. The molecular weight excluding hydrogens is 362 g/mol. The molecular formula is C21H19NO4S. The Bertz CT molecular complexity index is 894. The fourth-order valence-corrected chi connectivity index (χ4v) is 3.18. The topological polar surface area (TPSA) is 64.6 Å². The van der Waals surface area contributed by atoms with Gasteiger partial charge in [-0.1, -0.05) is 36.4 Å². The first-order chi connectivity index (χ1) is 13.1. The van der Waals surface area contributed by atoms with Crippen LogP contribution in [0.3, 0.4) is 0 Å². The summed E-state index contributed by atoms with van der Waals surface area (Å²) in [5.41, 5.74) is 0.264. The predicted octanol–water partition coefficient (Wildman–Crippen LogP) is 4.57. The van der Waals surface area contributed by atoms with Crippen molar-refractivity contribution in [1.82, 2.24) is 5.32 Å². The minimum atomic E-state index is -0.611. The van der Waals surface area contributed by atoms with Gasteiger partial charge in [0, 0.05) is 4.88 Å². The molecule has 0 bridgehead atoms. The van der Waals surface area contributed by atoms with E-state index in [0.29, 0.717) is 11.5 Å². The number of rotatable bonds is 7. The van der Waals surface area contributed by atoms with Crippen molar-refractivity contribution >= 4 is 23.2 Å². The Morgan fingerprint density at radius 3 is 2.48 bits per heavy atom. The Kier molecular flexibility index (Phi) is 6.22. The summed E-state index contributed by atoms with van der Waals surface area (Å²) in [6.07, 6.45) is 0. The summed E-state index contributed by atoms with van der Waals surface area (Å²) >= 11 is 1.56. The second kappa shape index (κ2) is 9.00. The van der Waals surface area contributed by atoms with Gasteiger partial charge in [0.25, 0.3) is 5.91 Å². The molecule has 0 aliphatic rings. The summed E-state index contributed by atoms with van der Waals surface area (Å²) in [4.78, 5) is 25.5. The van der Waals surface area contributed by atoms with Crippen molar-refractivity contribution in [3.05, 3.63) is 82.6 Å². The maximum absolute atomic E-state index is 12.4. The third kappa shape index (κ3) is 5.18. The van der Waals surface area contributed by atoms with E-state index in [1.165, 1.54) is 0 Å². The van der Waals surface area contributed by atoms with Crippen molar-refractivity contribution < 1.29 is 19.1 Å². The van der Waals surface area contributed by atoms with Crippen molar-refractivity contribution in [2.45, 2.75) is 13.0 Å². The number of esters is 1. The van der Waals surface area contributed by atoms with Crippen molar-refractivity contribution in [3.8, 4) is 11.5 Å². The average molecular weight is 381 g/mol. The molecule has 1 heterocycles. The van der Waals surface area contributed by atoms with Crippen LogP contribution in [0.15, 0.2) is 72.1 Å². The maximum atomic E-state index is 12.4. The van der Waals surface area contributed by atoms with Gasteiger partial charge >= 0.3 is 5.97 Å². The maximum Gasteiger partial charge on any atom is 0.342 e. The average Bonchev–Trinajstić information content (AvgIpc) is 3.22. The first kappa shape index (κ1) is 18.7. The zero-order chi connectivity index (χ0) is 19.1. The van der Waals surface area contributed by atoms with Crippen LogP contribution in [0.25, 0.3) is 0 Å². The van der Waals surface area contributed by atoms with Gasteiger partial charge in [0.1, 0.15) is 17.1 Å². The van der Waals surface area contributed by atoms with Crippen molar-refractivity contribution in [1.29, 1.82) is 0 Å². The zero-order valence-corrected chi connectivity index (χ0v) is 15.6. The number of ether oxygens (including phenoxy) is 2. The molecule has 0 saturated heterocycles. The Hall–Kier alpha value is -3.12. The van der Waals surface area contributed by atoms with E-state index < -0.39 is 5.97 Å². The van der Waals surface area contributed by atoms with Gasteiger partial charge in [0.2, 0.25) is 0 Å². The van der Waals surface area contributed by atoms with Gasteiger partial charge in [0.05, 0.1) is 6.04 Å². The minimum Gasteiger partial charge on any atom is -0.456 e. The van der Waals surface area contributed by atoms with E-state index in [1.54, 1.807) is 47.7 Å². The van der Waals surface area contributed by atoms with E-state index in [4.69, 9.17) is 9.47 Å². The highest BCUT2D eigenvalue weighted by Crippen LogP contribution is 2.25. The molecule has 6 heteroatoms. The third-order valence-corrected chi connectivity index (χ3v) is 4.81. The SMILES string of the molecule is C[C@H](NC(=O)COC(=O)c1ccccc1Oc1ccccc1)c1cccs1. The summed E-state index contributed by atoms with van der Waals surface area (Å²) in [7, 11) is 0. The number of thiophene rings is 1. The molecule has 1 amide bonds. The molecule has 138 valence electrons. The highest BCUT2D eigenvalue weighted by atomic mass is 32.1. The lowest BCUT2D eigenvalue weighted by Gasteiger charge is -2.13. The molecule has 0 saturated carbocycles. The summed E-state index contributed by atoms with van der Waals surface area (Å²) in [6.45, 7) is 1.53. The number of carbonyl (C=O) groups excluding carboxylic acids is 2. The fourth-order valence-electron chi connectivity index (χ4n) is 2.44. The molecule has 0 aliphatic carbocycles. The standard InChI is InChI=1S/C21H19NO4S/c1-15(19-12-7-13-27-19)22-20(23)14-25-21(24)17-10-5-6-11-18(17)26-16-8-3-2-4-9-16/h2-13,15H,14H2,1H3,(H,22,23)/t15-/m0/s1. The van der Waals surface area contributed by atoms with Crippen LogP contribution >= 0.6 is 11.3 Å². The largest absolute Gasteiger partial charge is 0.456 e. The molecule has 0 unspecified atom stereocenters. The number of benzene rings is 2. The van der Waals surface area contributed by atoms with E-state index in [9.17, 15) is 9.59 Å². The summed E-state index contributed by atoms with van der Waals surface area (Å²) in [5.74, 6) is 0.0208. The van der Waals surface area contributed by atoms with Crippen molar-refractivity contribution in [3.63, 3.8) is 0 Å².